The van der Waals surface area contributed by atoms with Gasteiger partial charge in [0.2, 0.25) is 0 Å². The van der Waals surface area contributed by atoms with Crippen LogP contribution in [0.2, 0.25) is 0 Å². The highest BCUT2D eigenvalue weighted by molar-refractivity contribution is 5.80. The van der Waals surface area contributed by atoms with Gasteiger partial charge in [-0.2, -0.15) is 0 Å². The van der Waals surface area contributed by atoms with E-state index in [1.165, 1.54) is 4.90 Å². The molecule has 2 atom stereocenters. The first-order chi connectivity index (χ1) is 12.1. The molecule has 0 radical (unpaired) electrons. The summed E-state index contributed by atoms with van der Waals surface area (Å²) in [6.45, 7) is 5.36. The highest BCUT2D eigenvalue weighted by Gasteiger charge is 2.44. The van der Waals surface area contributed by atoms with Crippen LogP contribution in [0, 0.1) is 0 Å². The maximum absolute atomic E-state index is 12.7. The molecule has 0 aliphatic carbocycles. The smallest absolute Gasteiger partial charge is 0.410 e. The zero-order valence-corrected chi connectivity index (χ0v) is 15.1. The molecule has 1 fully saturated rings. The Morgan fingerprint density at radius 3 is 2.27 bits per heavy atom. The van der Waals surface area contributed by atoms with E-state index in [0.717, 1.165) is 10.5 Å². The van der Waals surface area contributed by atoms with E-state index >= 15 is 0 Å². The fourth-order valence-electron chi connectivity index (χ4n) is 2.93. The summed E-state index contributed by atoms with van der Waals surface area (Å²) in [5.74, 6) is -1.22. The summed E-state index contributed by atoms with van der Waals surface area (Å²) in [7, 11) is 0. The molecular weight excluding hydrogens is 340 g/mol. The number of carbonyl (C=O) groups is 3. The van der Waals surface area contributed by atoms with Crippen molar-refractivity contribution in [3.05, 3.63) is 35.9 Å². The Kier molecular flexibility index (Phi) is 5.74. The first-order valence-electron chi connectivity index (χ1n) is 8.34. The number of hydrogen-bond donors (Lipinski definition) is 2. The molecule has 1 saturated heterocycles. The third kappa shape index (κ3) is 4.87. The molecule has 2 N–H and O–H groups in total. The van der Waals surface area contributed by atoms with Crippen LogP contribution in [0.1, 0.15) is 32.8 Å². The topological polar surface area (TPSA) is 107 Å². The minimum Gasteiger partial charge on any atom is -0.480 e. The van der Waals surface area contributed by atoms with Crippen LogP contribution in [-0.2, 0) is 16.1 Å². The number of ether oxygens (including phenoxy) is 1. The highest BCUT2D eigenvalue weighted by atomic mass is 16.6. The Bertz CT molecular complexity index is 648. The Morgan fingerprint density at radius 2 is 1.81 bits per heavy atom. The number of carboxylic acid groups (broad SMARTS) is 2. The van der Waals surface area contributed by atoms with E-state index < -0.39 is 35.8 Å². The number of rotatable bonds is 4. The zero-order valence-electron chi connectivity index (χ0n) is 15.1. The van der Waals surface area contributed by atoms with Crippen LogP contribution in [0.25, 0.3) is 0 Å². The third-order valence-electron chi connectivity index (χ3n) is 4.07. The average molecular weight is 364 g/mol. The molecule has 1 aliphatic heterocycles. The molecular formula is C18H24N2O6. The molecule has 142 valence electrons. The number of nitrogens with zero attached hydrogens (tertiary/aromatic N) is 2. The summed E-state index contributed by atoms with van der Waals surface area (Å²) in [4.78, 5) is 37.7. The Hall–Kier alpha value is -2.77. The number of carbonyl (C=O) groups excluding carboxylic acids is 1. The van der Waals surface area contributed by atoms with Gasteiger partial charge in [0.15, 0.2) is 0 Å². The molecule has 8 heteroatoms. The van der Waals surface area contributed by atoms with Gasteiger partial charge in [0.1, 0.15) is 11.6 Å². The van der Waals surface area contributed by atoms with E-state index in [0.29, 0.717) is 0 Å². The van der Waals surface area contributed by atoms with Gasteiger partial charge in [-0.25, -0.2) is 14.4 Å². The first-order valence-corrected chi connectivity index (χ1v) is 8.34. The molecule has 0 unspecified atom stereocenters. The number of aliphatic carboxylic acids is 1. The second-order valence-corrected chi connectivity index (χ2v) is 7.27. The van der Waals surface area contributed by atoms with E-state index in [-0.39, 0.29) is 19.5 Å². The van der Waals surface area contributed by atoms with Crippen molar-refractivity contribution in [2.75, 3.05) is 6.54 Å². The van der Waals surface area contributed by atoms with Crippen LogP contribution in [-0.4, -0.2) is 62.4 Å². The first kappa shape index (κ1) is 19.6. The molecule has 0 saturated carbocycles. The van der Waals surface area contributed by atoms with E-state index in [1.807, 2.05) is 30.3 Å². The lowest BCUT2D eigenvalue weighted by molar-refractivity contribution is -0.141. The molecule has 1 aromatic carbocycles. The van der Waals surface area contributed by atoms with Gasteiger partial charge >= 0.3 is 18.2 Å². The van der Waals surface area contributed by atoms with E-state index in [1.54, 1.807) is 20.8 Å². The van der Waals surface area contributed by atoms with Crippen LogP contribution >= 0.6 is 0 Å². The fourth-order valence-corrected chi connectivity index (χ4v) is 2.93. The predicted molar refractivity (Wildman–Crippen MR) is 92.8 cm³/mol. The Morgan fingerprint density at radius 1 is 1.19 bits per heavy atom. The molecule has 8 nitrogen and oxygen atoms in total. The second-order valence-electron chi connectivity index (χ2n) is 7.27. The van der Waals surface area contributed by atoms with Crippen LogP contribution in [0.4, 0.5) is 9.59 Å². The zero-order chi connectivity index (χ0) is 19.5. The van der Waals surface area contributed by atoms with Crippen molar-refractivity contribution in [1.82, 2.24) is 9.80 Å². The summed E-state index contributed by atoms with van der Waals surface area (Å²) in [5.41, 5.74) is 0.127. The standard InChI is InChI=1S/C18H24N2O6/c1-18(2,3)26-17(25)19(10-12-7-5-4-6-8-12)13-9-14(15(21)22)20(11-13)16(23)24/h4-8,13-14H,9-11H2,1-3H3,(H,21,22)(H,23,24)/t13-,14+/m1/s1. The molecule has 0 bridgehead atoms. The average Bonchev–Trinajstić information content (AvgIpc) is 2.97. The van der Waals surface area contributed by atoms with Crippen molar-refractivity contribution in [3.63, 3.8) is 0 Å². The molecule has 1 heterocycles. The predicted octanol–water partition coefficient (Wildman–Crippen LogP) is 2.63. The number of hydrogen-bond acceptors (Lipinski definition) is 4. The van der Waals surface area contributed by atoms with Gasteiger partial charge in [0, 0.05) is 19.5 Å². The number of benzene rings is 1. The summed E-state index contributed by atoms with van der Waals surface area (Å²) in [6, 6.07) is 7.44. The van der Waals surface area contributed by atoms with E-state index in [9.17, 15) is 24.6 Å². The van der Waals surface area contributed by atoms with Gasteiger partial charge in [0.25, 0.3) is 0 Å². The SMILES string of the molecule is CC(C)(C)OC(=O)N(Cc1ccccc1)[C@@H]1C[C@@H](C(=O)O)N(C(=O)O)C1. The number of likely N-dealkylation sites (tertiary alicyclic amines) is 1. The van der Waals surface area contributed by atoms with Gasteiger partial charge in [-0.05, 0) is 26.3 Å². The number of carboxylic acids is 1. The van der Waals surface area contributed by atoms with E-state index in [4.69, 9.17) is 4.74 Å². The van der Waals surface area contributed by atoms with Gasteiger partial charge in [-0.15, -0.1) is 0 Å². The highest BCUT2D eigenvalue weighted by Crippen LogP contribution is 2.26. The van der Waals surface area contributed by atoms with Gasteiger partial charge < -0.3 is 14.9 Å². The van der Waals surface area contributed by atoms with Crippen molar-refractivity contribution in [1.29, 1.82) is 0 Å². The fraction of sp³-hybridized carbons (Fsp3) is 0.500. The van der Waals surface area contributed by atoms with Crippen molar-refractivity contribution in [3.8, 4) is 0 Å². The second kappa shape index (κ2) is 7.63. The van der Waals surface area contributed by atoms with Gasteiger partial charge in [0.05, 0.1) is 6.04 Å². The van der Waals surface area contributed by atoms with E-state index in [2.05, 4.69) is 0 Å². The lowest BCUT2D eigenvalue weighted by atomic mass is 10.1. The van der Waals surface area contributed by atoms with Crippen molar-refractivity contribution >= 4 is 18.2 Å². The summed E-state index contributed by atoms with van der Waals surface area (Å²) in [6.07, 6.45) is -1.89. The molecule has 1 aromatic rings. The molecule has 1 aliphatic rings. The van der Waals surface area contributed by atoms with Crippen molar-refractivity contribution < 1.29 is 29.3 Å². The van der Waals surface area contributed by atoms with Crippen LogP contribution in [0.15, 0.2) is 30.3 Å². The van der Waals surface area contributed by atoms with Crippen LogP contribution in [0.5, 0.6) is 0 Å². The van der Waals surface area contributed by atoms with Gasteiger partial charge in [-0.3, -0.25) is 9.80 Å². The van der Waals surface area contributed by atoms with Crippen molar-refractivity contribution in [2.24, 2.45) is 0 Å². The van der Waals surface area contributed by atoms with Crippen LogP contribution in [0.3, 0.4) is 0 Å². The minimum atomic E-state index is -1.32. The maximum atomic E-state index is 12.7. The van der Waals surface area contributed by atoms with Gasteiger partial charge in [-0.1, -0.05) is 30.3 Å². The lowest BCUT2D eigenvalue weighted by Gasteiger charge is -2.31. The van der Waals surface area contributed by atoms with Crippen molar-refractivity contribution in [2.45, 2.75) is 51.4 Å². The largest absolute Gasteiger partial charge is 0.480 e. The molecule has 0 spiro atoms. The summed E-state index contributed by atoms with van der Waals surface area (Å²) < 4.78 is 5.45. The lowest BCUT2D eigenvalue weighted by Crippen LogP contribution is -2.44. The molecule has 26 heavy (non-hydrogen) atoms. The van der Waals surface area contributed by atoms with Crippen LogP contribution < -0.4 is 0 Å². The Balaban J connectivity index is 2.26. The Labute approximate surface area is 152 Å². The maximum Gasteiger partial charge on any atom is 0.410 e. The quantitative estimate of drug-likeness (QED) is 0.850. The monoisotopic (exact) mass is 364 g/mol. The molecule has 2 amide bonds. The summed E-state index contributed by atoms with van der Waals surface area (Å²) >= 11 is 0. The number of amides is 2. The molecule has 0 aromatic heterocycles. The normalized spacial score (nSPS) is 19.9. The minimum absolute atomic E-state index is 0.0215. The third-order valence-corrected chi connectivity index (χ3v) is 4.07. The summed E-state index contributed by atoms with van der Waals surface area (Å²) in [5, 5.41) is 18.6. The molecule has 2 rings (SSSR count).